The molecule has 1 aromatic carbocycles. The summed E-state index contributed by atoms with van der Waals surface area (Å²) in [5, 5.41) is 4.14. The first kappa shape index (κ1) is 21.3. The highest BCUT2D eigenvalue weighted by Gasteiger charge is 2.09. The molecular weight excluding hydrogens is 371 g/mol. The van der Waals surface area contributed by atoms with E-state index in [1.807, 2.05) is 36.4 Å². The maximum Gasteiger partial charge on any atom is 0.134 e. The van der Waals surface area contributed by atoms with Crippen molar-refractivity contribution >= 4 is 36.4 Å². The Kier molecular flexibility index (Phi) is 9.74. The van der Waals surface area contributed by atoms with Crippen molar-refractivity contribution in [3.8, 4) is 11.3 Å². The minimum atomic E-state index is 0. The molecule has 0 amide bonds. The zero-order chi connectivity index (χ0) is 15.2. The van der Waals surface area contributed by atoms with Crippen LogP contribution in [0.15, 0.2) is 40.8 Å². The Balaban J connectivity index is 0.00000144. The number of morpholine rings is 1. The molecule has 1 fully saturated rings. The molecule has 0 aliphatic carbocycles. The molecule has 0 spiro atoms. The third-order valence-corrected chi connectivity index (χ3v) is 4.01. The van der Waals surface area contributed by atoms with Gasteiger partial charge in [-0.15, -0.1) is 24.8 Å². The molecule has 1 aliphatic heterocycles. The first-order valence-corrected chi connectivity index (χ1v) is 8.04. The van der Waals surface area contributed by atoms with Crippen molar-refractivity contribution in [1.82, 2.24) is 10.2 Å². The highest BCUT2D eigenvalue weighted by atomic mass is 35.5. The number of benzene rings is 1. The summed E-state index contributed by atoms with van der Waals surface area (Å²) in [5.41, 5.74) is 1.01. The average molecular weight is 394 g/mol. The minimum Gasteiger partial charge on any atom is -0.460 e. The summed E-state index contributed by atoms with van der Waals surface area (Å²) in [7, 11) is 0. The lowest BCUT2D eigenvalue weighted by atomic mass is 10.2. The molecule has 2 heterocycles. The van der Waals surface area contributed by atoms with E-state index in [0.29, 0.717) is 0 Å². The van der Waals surface area contributed by atoms with Crippen molar-refractivity contribution in [2.75, 3.05) is 39.4 Å². The summed E-state index contributed by atoms with van der Waals surface area (Å²) in [6, 6.07) is 11.7. The van der Waals surface area contributed by atoms with E-state index >= 15 is 0 Å². The molecule has 0 saturated carbocycles. The lowest BCUT2D eigenvalue weighted by molar-refractivity contribution is 0.0383. The second-order valence-corrected chi connectivity index (χ2v) is 5.84. The maximum absolute atomic E-state index is 6.01. The van der Waals surface area contributed by atoms with Gasteiger partial charge in [-0.1, -0.05) is 23.7 Å². The van der Waals surface area contributed by atoms with Gasteiger partial charge >= 0.3 is 0 Å². The quantitative estimate of drug-likeness (QED) is 0.756. The van der Waals surface area contributed by atoms with Gasteiger partial charge in [0.15, 0.2) is 0 Å². The third-order valence-electron chi connectivity index (χ3n) is 3.78. The fourth-order valence-corrected chi connectivity index (χ4v) is 2.73. The molecule has 0 radical (unpaired) electrons. The molecule has 0 atom stereocenters. The smallest absolute Gasteiger partial charge is 0.134 e. The van der Waals surface area contributed by atoms with Gasteiger partial charge in [0.1, 0.15) is 11.5 Å². The maximum atomic E-state index is 6.01. The molecule has 0 unspecified atom stereocenters. The first-order chi connectivity index (χ1) is 10.8. The molecule has 24 heavy (non-hydrogen) atoms. The van der Waals surface area contributed by atoms with E-state index in [2.05, 4.69) is 10.2 Å². The van der Waals surface area contributed by atoms with E-state index in [1.54, 1.807) is 0 Å². The van der Waals surface area contributed by atoms with Crippen LogP contribution in [0.4, 0.5) is 0 Å². The number of furan rings is 1. The Morgan fingerprint density at radius 2 is 1.88 bits per heavy atom. The van der Waals surface area contributed by atoms with E-state index in [9.17, 15) is 0 Å². The van der Waals surface area contributed by atoms with Crippen molar-refractivity contribution in [2.24, 2.45) is 0 Å². The van der Waals surface area contributed by atoms with Crippen molar-refractivity contribution in [3.05, 3.63) is 47.2 Å². The molecule has 7 heteroatoms. The monoisotopic (exact) mass is 392 g/mol. The summed E-state index contributed by atoms with van der Waals surface area (Å²) in [5.74, 6) is 1.80. The number of nitrogens with one attached hydrogen (secondary N) is 1. The van der Waals surface area contributed by atoms with Crippen LogP contribution < -0.4 is 5.32 Å². The highest BCUT2D eigenvalue weighted by molar-refractivity contribution is 6.30. The number of hydrogen-bond acceptors (Lipinski definition) is 4. The van der Waals surface area contributed by atoms with Crippen LogP contribution in [0.5, 0.6) is 0 Å². The van der Waals surface area contributed by atoms with Gasteiger partial charge < -0.3 is 14.5 Å². The Labute approximate surface area is 160 Å². The van der Waals surface area contributed by atoms with Crippen LogP contribution in [0.1, 0.15) is 5.76 Å². The topological polar surface area (TPSA) is 37.6 Å². The highest BCUT2D eigenvalue weighted by Crippen LogP contribution is 2.24. The predicted octanol–water partition coefficient (Wildman–Crippen LogP) is 3.87. The standard InChI is InChI=1S/C17H21ClN2O2.2ClH/c18-15-3-1-2-14(12-15)17-5-4-16(22-17)13-19-6-7-20-8-10-21-11-9-20;;/h1-5,12,19H,6-11,13H2;2*1H. The number of rotatable bonds is 6. The number of halogens is 3. The SMILES string of the molecule is Cl.Cl.Clc1cccc(-c2ccc(CNCCN3CCOCC3)o2)c1. The van der Waals surface area contributed by atoms with Gasteiger partial charge in [0.2, 0.25) is 0 Å². The molecule has 1 aliphatic rings. The molecule has 1 N–H and O–H groups in total. The van der Waals surface area contributed by atoms with Crippen molar-refractivity contribution in [3.63, 3.8) is 0 Å². The van der Waals surface area contributed by atoms with E-state index in [4.69, 9.17) is 20.8 Å². The van der Waals surface area contributed by atoms with E-state index in [-0.39, 0.29) is 24.8 Å². The molecule has 1 saturated heterocycles. The van der Waals surface area contributed by atoms with Crippen molar-refractivity contribution < 1.29 is 9.15 Å². The predicted molar refractivity (Wildman–Crippen MR) is 103 cm³/mol. The Hall–Kier alpha value is -0.750. The van der Waals surface area contributed by atoms with Crippen LogP contribution >= 0.6 is 36.4 Å². The second kappa shape index (κ2) is 11.0. The molecule has 0 bridgehead atoms. The van der Waals surface area contributed by atoms with E-state index in [0.717, 1.165) is 68.0 Å². The molecule has 3 rings (SSSR count). The minimum absolute atomic E-state index is 0. The van der Waals surface area contributed by atoms with Crippen molar-refractivity contribution in [2.45, 2.75) is 6.54 Å². The van der Waals surface area contributed by atoms with Crippen molar-refractivity contribution in [1.29, 1.82) is 0 Å². The fraction of sp³-hybridized carbons (Fsp3) is 0.412. The average Bonchev–Trinajstić information content (AvgIpc) is 3.02. The number of hydrogen-bond donors (Lipinski definition) is 1. The zero-order valence-corrected chi connectivity index (χ0v) is 15.8. The molecule has 4 nitrogen and oxygen atoms in total. The van der Waals surface area contributed by atoms with E-state index < -0.39 is 0 Å². The zero-order valence-electron chi connectivity index (χ0n) is 13.4. The van der Waals surface area contributed by atoms with Crippen LogP contribution in [0.25, 0.3) is 11.3 Å². The number of ether oxygens (including phenoxy) is 1. The second-order valence-electron chi connectivity index (χ2n) is 5.41. The van der Waals surface area contributed by atoms with Gasteiger partial charge in [0, 0.05) is 36.8 Å². The summed E-state index contributed by atoms with van der Waals surface area (Å²) in [6.07, 6.45) is 0. The van der Waals surface area contributed by atoms with Gasteiger partial charge in [0.05, 0.1) is 19.8 Å². The Bertz CT molecular complexity index is 601. The summed E-state index contributed by atoms with van der Waals surface area (Å²) in [6.45, 7) is 6.49. The fourth-order valence-electron chi connectivity index (χ4n) is 2.54. The lowest BCUT2D eigenvalue weighted by Gasteiger charge is -2.26. The van der Waals surface area contributed by atoms with Gasteiger partial charge in [-0.25, -0.2) is 0 Å². The first-order valence-electron chi connectivity index (χ1n) is 7.67. The third kappa shape index (κ3) is 6.28. The molecule has 2 aromatic rings. The van der Waals surface area contributed by atoms with Crippen LogP contribution in [-0.2, 0) is 11.3 Å². The largest absolute Gasteiger partial charge is 0.460 e. The van der Waals surface area contributed by atoms with Crippen LogP contribution in [0.3, 0.4) is 0 Å². The van der Waals surface area contributed by atoms with Crippen LogP contribution in [0.2, 0.25) is 5.02 Å². The normalized spacial score (nSPS) is 14.7. The van der Waals surface area contributed by atoms with Gasteiger partial charge in [-0.05, 0) is 24.3 Å². The molecule has 1 aromatic heterocycles. The summed E-state index contributed by atoms with van der Waals surface area (Å²) in [4.78, 5) is 2.41. The molecular formula is C17H23Cl3N2O2. The van der Waals surface area contributed by atoms with Crippen LogP contribution in [-0.4, -0.2) is 44.3 Å². The van der Waals surface area contributed by atoms with E-state index in [1.165, 1.54) is 0 Å². The van der Waals surface area contributed by atoms with Gasteiger partial charge in [-0.3, -0.25) is 4.90 Å². The summed E-state index contributed by atoms with van der Waals surface area (Å²) >= 11 is 6.01. The lowest BCUT2D eigenvalue weighted by Crippen LogP contribution is -2.40. The van der Waals surface area contributed by atoms with Gasteiger partial charge in [-0.2, -0.15) is 0 Å². The molecule has 134 valence electrons. The summed E-state index contributed by atoms with van der Waals surface area (Å²) < 4.78 is 11.2. The van der Waals surface area contributed by atoms with Crippen LogP contribution in [0, 0.1) is 0 Å². The van der Waals surface area contributed by atoms with Gasteiger partial charge in [0.25, 0.3) is 0 Å². The Morgan fingerprint density at radius 1 is 1.08 bits per heavy atom. The Morgan fingerprint density at radius 3 is 2.62 bits per heavy atom. The number of nitrogens with zero attached hydrogens (tertiary/aromatic N) is 1.